The van der Waals surface area contributed by atoms with Crippen molar-refractivity contribution < 1.29 is 4.39 Å². The van der Waals surface area contributed by atoms with E-state index >= 15 is 0 Å². The summed E-state index contributed by atoms with van der Waals surface area (Å²) in [4.78, 5) is 3.14. The van der Waals surface area contributed by atoms with Crippen LogP contribution >= 0.6 is 0 Å². The zero-order chi connectivity index (χ0) is 11.1. The van der Waals surface area contributed by atoms with Gasteiger partial charge < -0.3 is 4.98 Å². The van der Waals surface area contributed by atoms with Crippen molar-refractivity contribution in [1.82, 2.24) is 4.98 Å². The van der Waals surface area contributed by atoms with Gasteiger partial charge in [0.05, 0.1) is 0 Å². The van der Waals surface area contributed by atoms with E-state index in [1.54, 1.807) is 12.1 Å². The van der Waals surface area contributed by atoms with Crippen molar-refractivity contribution in [2.24, 2.45) is 5.41 Å². The minimum atomic E-state index is -0.190. The van der Waals surface area contributed by atoms with E-state index in [4.69, 9.17) is 0 Å². The van der Waals surface area contributed by atoms with E-state index in [2.05, 4.69) is 25.8 Å². The first-order valence-electron chi connectivity index (χ1n) is 5.07. The van der Waals surface area contributed by atoms with Crippen LogP contribution in [0.15, 0.2) is 24.4 Å². The Morgan fingerprint density at radius 1 is 1.40 bits per heavy atom. The third-order valence-electron chi connectivity index (χ3n) is 2.40. The Bertz CT molecular complexity index is 477. The average Bonchev–Trinajstić information content (AvgIpc) is 2.46. The summed E-state index contributed by atoms with van der Waals surface area (Å²) in [5.41, 5.74) is 2.08. The molecular weight excluding hydrogens is 189 g/mol. The Labute approximate surface area is 89.3 Å². The van der Waals surface area contributed by atoms with Crippen LogP contribution in [0.3, 0.4) is 0 Å². The molecule has 0 saturated heterocycles. The summed E-state index contributed by atoms with van der Waals surface area (Å²) in [6.45, 7) is 8.22. The standard InChI is InChI=1S/C13H15FN/c1-13(2,3)7-9-8-15-12-5-4-10(14)6-11(9)12/h4-6,8,15H,1,7H2,2-3H3. The topological polar surface area (TPSA) is 15.8 Å². The fourth-order valence-corrected chi connectivity index (χ4v) is 1.81. The fraction of sp³-hybridized carbons (Fsp3) is 0.308. The monoisotopic (exact) mass is 204 g/mol. The van der Waals surface area contributed by atoms with Crippen LogP contribution in [-0.2, 0) is 6.42 Å². The molecule has 2 heteroatoms. The molecule has 0 aliphatic rings. The molecule has 2 rings (SSSR count). The molecule has 79 valence electrons. The summed E-state index contributed by atoms with van der Waals surface area (Å²) < 4.78 is 13.1. The lowest BCUT2D eigenvalue weighted by atomic mass is 9.88. The van der Waals surface area contributed by atoms with Gasteiger partial charge >= 0.3 is 0 Å². The van der Waals surface area contributed by atoms with Crippen molar-refractivity contribution in [2.45, 2.75) is 20.3 Å². The van der Waals surface area contributed by atoms with Crippen molar-refractivity contribution in [2.75, 3.05) is 0 Å². The van der Waals surface area contributed by atoms with Crippen LogP contribution in [0.4, 0.5) is 4.39 Å². The number of nitrogens with one attached hydrogen (secondary N) is 1. The van der Waals surface area contributed by atoms with Gasteiger partial charge in [-0.05, 0) is 42.5 Å². The van der Waals surface area contributed by atoms with E-state index in [-0.39, 0.29) is 11.2 Å². The molecular formula is C13H15FN. The van der Waals surface area contributed by atoms with Crippen LogP contribution in [-0.4, -0.2) is 4.98 Å². The van der Waals surface area contributed by atoms with E-state index in [9.17, 15) is 4.39 Å². The van der Waals surface area contributed by atoms with Crippen LogP contribution < -0.4 is 0 Å². The van der Waals surface area contributed by atoms with Crippen LogP contribution in [0.2, 0.25) is 0 Å². The van der Waals surface area contributed by atoms with Gasteiger partial charge in [-0.3, -0.25) is 0 Å². The maximum atomic E-state index is 13.1. The number of hydrogen-bond acceptors (Lipinski definition) is 0. The van der Waals surface area contributed by atoms with Crippen LogP contribution in [0.25, 0.3) is 10.9 Å². The number of fused-ring (bicyclic) bond motifs is 1. The van der Waals surface area contributed by atoms with Crippen molar-refractivity contribution >= 4 is 10.9 Å². The molecule has 1 aromatic carbocycles. The number of aromatic nitrogens is 1. The Morgan fingerprint density at radius 3 is 2.80 bits per heavy atom. The van der Waals surface area contributed by atoms with Gasteiger partial charge in [0.25, 0.3) is 0 Å². The van der Waals surface area contributed by atoms with Crippen LogP contribution in [0, 0.1) is 18.2 Å². The largest absolute Gasteiger partial charge is 0.361 e. The molecule has 15 heavy (non-hydrogen) atoms. The Hall–Kier alpha value is -1.31. The Balaban J connectivity index is 2.48. The Kier molecular flexibility index (Phi) is 2.29. The highest BCUT2D eigenvalue weighted by Crippen LogP contribution is 2.26. The van der Waals surface area contributed by atoms with Crippen LogP contribution in [0.5, 0.6) is 0 Å². The lowest BCUT2D eigenvalue weighted by molar-refractivity contribution is 0.474. The van der Waals surface area contributed by atoms with Gasteiger partial charge in [0, 0.05) is 17.1 Å². The summed E-state index contributed by atoms with van der Waals surface area (Å²) in [6, 6.07) is 4.81. The minimum absolute atomic E-state index is 0.0263. The van der Waals surface area contributed by atoms with Gasteiger partial charge in [-0.2, -0.15) is 0 Å². The molecule has 1 N–H and O–H groups in total. The van der Waals surface area contributed by atoms with E-state index in [1.807, 2.05) is 6.20 Å². The molecule has 0 spiro atoms. The van der Waals surface area contributed by atoms with Gasteiger partial charge in [-0.1, -0.05) is 13.8 Å². The number of aromatic amines is 1. The maximum absolute atomic E-state index is 13.1. The van der Waals surface area contributed by atoms with Crippen molar-refractivity contribution in [3.8, 4) is 0 Å². The number of H-pyrrole nitrogens is 1. The van der Waals surface area contributed by atoms with Crippen molar-refractivity contribution in [1.29, 1.82) is 0 Å². The SMILES string of the molecule is [CH2]C(C)(C)Cc1c[nH]c2ccc(F)cc12. The van der Waals surface area contributed by atoms with E-state index < -0.39 is 0 Å². The van der Waals surface area contributed by atoms with Gasteiger partial charge in [-0.25, -0.2) is 4.39 Å². The summed E-state index contributed by atoms with van der Waals surface area (Å²) in [7, 11) is 0. The zero-order valence-electron chi connectivity index (χ0n) is 9.10. The molecule has 1 aromatic heterocycles. The lowest BCUT2D eigenvalue weighted by Gasteiger charge is -2.16. The molecule has 0 amide bonds. The maximum Gasteiger partial charge on any atom is 0.123 e. The highest BCUT2D eigenvalue weighted by atomic mass is 19.1. The normalized spacial score (nSPS) is 12.3. The summed E-state index contributed by atoms with van der Waals surface area (Å²) in [6.07, 6.45) is 2.79. The highest BCUT2D eigenvalue weighted by molar-refractivity contribution is 5.83. The fourth-order valence-electron chi connectivity index (χ4n) is 1.81. The van der Waals surface area contributed by atoms with Gasteiger partial charge in [-0.15, -0.1) is 0 Å². The molecule has 2 aromatic rings. The number of halogens is 1. The number of rotatable bonds is 2. The van der Waals surface area contributed by atoms with Crippen molar-refractivity contribution in [3.05, 3.63) is 42.7 Å². The molecule has 1 nitrogen and oxygen atoms in total. The first kappa shape index (κ1) is 10.2. The average molecular weight is 204 g/mol. The summed E-state index contributed by atoms with van der Waals surface area (Å²) in [5, 5.41) is 0.965. The molecule has 0 aliphatic carbocycles. The molecule has 1 radical (unpaired) electrons. The predicted molar refractivity (Wildman–Crippen MR) is 61.1 cm³/mol. The Morgan fingerprint density at radius 2 is 2.13 bits per heavy atom. The predicted octanol–water partition coefficient (Wildman–Crippen LogP) is 3.71. The third-order valence-corrected chi connectivity index (χ3v) is 2.40. The summed E-state index contributed by atoms with van der Waals surface area (Å²) in [5.74, 6) is -0.190. The molecule has 0 fully saturated rings. The van der Waals surface area contributed by atoms with E-state index in [0.717, 1.165) is 22.9 Å². The molecule has 0 aliphatic heterocycles. The number of hydrogen-bond donors (Lipinski definition) is 1. The smallest absolute Gasteiger partial charge is 0.123 e. The second kappa shape index (κ2) is 3.37. The lowest BCUT2D eigenvalue weighted by Crippen LogP contribution is -2.09. The second-order valence-electron chi connectivity index (χ2n) is 4.84. The van der Waals surface area contributed by atoms with E-state index in [0.29, 0.717) is 0 Å². The number of benzene rings is 1. The van der Waals surface area contributed by atoms with Crippen LogP contribution in [0.1, 0.15) is 19.4 Å². The highest BCUT2D eigenvalue weighted by Gasteiger charge is 2.14. The first-order valence-corrected chi connectivity index (χ1v) is 5.07. The second-order valence-corrected chi connectivity index (χ2v) is 4.84. The molecule has 0 bridgehead atoms. The van der Waals surface area contributed by atoms with Gasteiger partial charge in [0.2, 0.25) is 0 Å². The minimum Gasteiger partial charge on any atom is -0.361 e. The third kappa shape index (κ3) is 2.20. The van der Waals surface area contributed by atoms with E-state index in [1.165, 1.54) is 6.07 Å². The molecule has 0 saturated carbocycles. The molecule has 0 atom stereocenters. The molecule has 0 unspecified atom stereocenters. The van der Waals surface area contributed by atoms with Crippen molar-refractivity contribution in [3.63, 3.8) is 0 Å². The van der Waals surface area contributed by atoms with Gasteiger partial charge in [0.1, 0.15) is 5.82 Å². The van der Waals surface area contributed by atoms with Gasteiger partial charge in [0.15, 0.2) is 0 Å². The first-order chi connectivity index (χ1) is 6.96. The molecule has 1 heterocycles. The zero-order valence-corrected chi connectivity index (χ0v) is 9.10. The summed E-state index contributed by atoms with van der Waals surface area (Å²) >= 11 is 0. The quantitative estimate of drug-likeness (QED) is 0.767.